The second-order valence-corrected chi connectivity index (χ2v) is 7.14. The van der Waals surface area contributed by atoms with E-state index in [2.05, 4.69) is 17.3 Å². The number of ether oxygens (including phenoxy) is 1. The number of carbonyl (C=O) groups is 1. The van der Waals surface area contributed by atoms with Crippen molar-refractivity contribution in [2.24, 2.45) is 5.92 Å². The number of aryl methyl sites for hydroxylation is 1. The summed E-state index contributed by atoms with van der Waals surface area (Å²) in [7, 11) is 0. The summed E-state index contributed by atoms with van der Waals surface area (Å²) in [4.78, 5) is 18.0. The molecule has 1 amide bonds. The SMILES string of the molecule is CCc1nn2c(CNC(=O)C3CCOC3)c(-c3ccccc3)nc2s1. The van der Waals surface area contributed by atoms with E-state index >= 15 is 0 Å². The molecule has 3 heterocycles. The Labute approximate surface area is 149 Å². The van der Waals surface area contributed by atoms with Crippen LogP contribution in [-0.2, 0) is 22.5 Å². The Hall–Kier alpha value is -2.25. The van der Waals surface area contributed by atoms with Gasteiger partial charge in [-0.1, -0.05) is 48.6 Å². The van der Waals surface area contributed by atoms with Crippen molar-refractivity contribution in [1.29, 1.82) is 0 Å². The van der Waals surface area contributed by atoms with Crippen LogP contribution in [0.4, 0.5) is 0 Å². The van der Waals surface area contributed by atoms with Crippen LogP contribution < -0.4 is 5.32 Å². The number of hydrogen-bond donors (Lipinski definition) is 1. The lowest BCUT2D eigenvalue weighted by Gasteiger charge is -2.10. The highest BCUT2D eigenvalue weighted by Gasteiger charge is 2.24. The number of rotatable bonds is 5. The van der Waals surface area contributed by atoms with E-state index < -0.39 is 0 Å². The molecule has 2 aromatic heterocycles. The third kappa shape index (κ3) is 3.17. The highest BCUT2D eigenvalue weighted by molar-refractivity contribution is 7.16. The number of benzene rings is 1. The molecule has 1 N–H and O–H groups in total. The number of hydrogen-bond acceptors (Lipinski definition) is 5. The summed E-state index contributed by atoms with van der Waals surface area (Å²) in [6.07, 6.45) is 1.66. The first kappa shape index (κ1) is 16.2. The highest BCUT2D eigenvalue weighted by atomic mass is 32.1. The molecule has 1 fully saturated rings. The van der Waals surface area contributed by atoms with Gasteiger partial charge in [0.05, 0.1) is 30.5 Å². The predicted octanol–water partition coefficient (Wildman–Crippen LogP) is 2.67. The molecule has 7 heteroatoms. The number of nitrogens with zero attached hydrogens (tertiary/aromatic N) is 3. The fourth-order valence-corrected chi connectivity index (χ4v) is 3.87. The van der Waals surface area contributed by atoms with E-state index in [-0.39, 0.29) is 11.8 Å². The van der Waals surface area contributed by atoms with Crippen molar-refractivity contribution < 1.29 is 9.53 Å². The Kier molecular flexibility index (Phi) is 4.50. The quantitative estimate of drug-likeness (QED) is 0.763. The van der Waals surface area contributed by atoms with Crippen LogP contribution in [-0.4, -0.2) is 33.7 Å². The third-order valence-corrected chi connectivity index (χ3v) is 5.47. The van der Waals surface area contributed by atoms with E-state index in [1.807, 2.05) is 34.8 Å². The summed E-state index contributed by atoms with van der Waals surface area (Å²) in [6.45, 7) is 3.66. The molecule has 6 nitrogen and oxygen atoms in total. The number of aromatic nitrogens is 3. The van der Waals surface area contributed by atoms with Crippen molar-refractivity contribution in [1.82, 2.24) is 19.9 Å². The first-order valence-electron chi connectivity index (χ1n) is 8.54. The minimum Gasteiger partial charge on any atom is -0.381 e. The highest BCUT2D eigenvalue weighted by Crippen LogP contribution is 2.27. The predicted molar refractivity (Wildman–Crippen MR) is 96.5 cm³/mol. The van der Waals surface area contributed by atoms with E-state index in [0.717, 1.165) is 39.8 Å². The zero-order valence-electron chi connectivity index (χ0n) is 14.1. The molecule has 3 aromatic rings. The molecule has 0 bridgehead atoms. The molecule has 25 heavy (non-hydrogen) atoms. The molecule has 0 aliphatic carbocycles. The Bertz CT molecular complexity index is 881. The summed E-state index contributed by atoms with van der Waals surface area (Å²) in [5.74, 6) is -0.0115. The average Bonchev–Trinajstić information content (AvgIpc) is 3.36. The van der Waals surface area contributed by atoms with Gasteiger partial charge in [-0.05, 0) is 12.8 Å². The normalized spacial score (nSPS) is 17.2. The van der Waals surface area contributed by atoms with Gasteiger partial charge in [-0.3, -0.25) is 4.79 Å². The van der Waals surface area contributed by atoms with Gasteiger partial charge in [0.15, 0.2) is 0 Å². The van der Waals surface area contributed by atoms with Crippen molar-refractivity contribution in [3.8, 4) is 11.3 Å². The molecule has 1 saturated heterocycles. The third-order valence-electron chi connectivity index (χ3n) is 4.42. The number of carbonyl (C=O) groups excluding carboxylic acids is 1. The van der Waals surface area contributed by atoms with Gasteiger partial charge in [-0.15, -0.1) is 0 Å². The van der Waals surface area contributed by atoms with Gasteiger partial charge in [-0.2, -0.15) is 5.10 Å². The van der Waals surface area contributed by atoms with Gasteiger partial charge in [0, 0.05) is 12.2 Å². The van der Waals surface area contributed by atoms with Crippen molar-refractivity contribution in [3.05, 3.63) is 41.0 Å². The Morgan fingerprint density at radius 3 is 2.96 bits per heavy atom. The van der Waals surface area contributed by atoms with Crippen LogP contribution in [0.2, 0.25) is 0 Å². The first-order valence-corrected chi connectivity index (χ1v) is 9.36. The number of amides is 1. The molecule has 1 aliphatic rings. The standard InChI is InChI=1S/C18H20N4O2S/c1-2-15-21-22-14(10-19-17(23)13-8-9-24-11-13)16(20-18(22)25-15)12-6-4-3-5-7-12/h3-7,13H,2,8-11H2,1H3,(H,19,23). The molecule has 0 radical (unpaired) electrons. The average molecular weight is 356 g/mol. The van der Waals surface area contributed by atoms with Crippen molar-refractivity contribution in [2.75, 3.05) is 13.2 Å². The molecule has 0 saturated carbocycles. The fourth-order valence-electron chi connectivity index (χ4n) is 3.01. The molecule has 130 valence electrons. The van der Waals surface area contributed by atoms with Crippen LogP contribution in [0.5, 0.6) is 0 Å². The zero-order chi connectivity index (χ0) is 17.2. The molecule has 1 aromatic carbocycles. The van der Waals surface area contributed by atoms with Crippen molar-refractivity contribution in [3.63, 3.8) is 0 Å². The lowest BCUT2D eigenvalue weighted by Crippen LogP contribution is -2.31. The van der Waals surface area contributed by atoms with Crippen molar-refractivity contribution >= 4 is 22.2 Å². The van der Waals surface area contributed by atoms with E-state index in [1.165, 1.54) is 0 Å². The Balaban J connectivity index is 1.66. The molecule has 1 atom stereocenters. The van der Waals surface area contributed by atoms with Gasteiger partial charge in [0.25, 0.3) is 0 Å². The largest absolute Gasteiger partial charge is 0.381 e. The van der Waals surface area contributed by atoms with Gasteiger partial charge in [0.2, 0.25) is 10.9 Å². The Morgan fingerprint density at radius 2 is 2.24 bits per heavy atom. The minimum atomic E-state index is -0.0507. The number of fused-ring (bicyclic) bond motifs is 1. The lowest BCUT2D eigenvalue weighted by molar-refractivity contribution is -0.125. The maximum absolute atomic E-state index is 12.3. The molecular weight excluding hydrogens is 336 g/mol. The monoisotopic (exact) mass is 356 g/mol. The Morgan fingerprint density at radius 1 is 1.40 bits per heavy atom. The molecule has 1 aliphatic heterocycles. The molecule has 0 spiro atoms. The van der Waals surface area contributed by atoms with Crippen LogP contribution in [0, 0.1) is 5.92 Å². The maximum Gasteiger partial charge on any atom is 0.225 e. The molecular formula is C18H20N4O2S. The van der Waals surface area contributed by atoms with Gasteiger partial charge in [-0.25, -0.2) is 9.50 Å². The van der Waals surface area contributed by atoms with E-state index in [9.17, 15) is 4.79 Å². The number of nitrogens with one attached hydrogen (secondary N) is 1. The van der Waals surface area contributed by atoms with E-state index in [1.54, 1.807) is 11.3 Å². The number of imidazole rings is 1. The van der Waals surface area contributed by atoms with E-state index in [0.29, 0.717) is 19.8 Å². The second-order valence-electron chi connectivity index (χ2n) is 6.10. The van der Waals surface area contributed by atoms with E-state index in [4.69, 9.17) is 9.72 Å². The van der Waals surface area contributed by atoms with Crippen LogP contribution >= 0.6 is 11.3 Å². The summed E-state index contributed by atoms with van der Waals surface area (Å²) in [6, 6.07) is 10.0. The van der Waals surface area contributed by atoms with Gasteiger partial charge >= 0.3 is 0 Å². The van der Waals surface area contributed by atoms with Crippen LogP contribution in [0.25, 0.3) is 16.2 Å². The molecule has 4 rings (SSSR count). The summed E-state index contributed by atoms with van der Waals surface area (Å²) < 4.78 is 7.18. The first-order chi connectivity index (χ1) is 12.3. The fraction of sp³-hybridized carbons (Fsp3) is 0.389. The minimum absolute atomic E-state index is 0.0393. The maximum atomic E-state index is 12.3. The molecule has 1 unspecified atom stereocenters. The van der Waals surface area contributed by atoms with Crippen LogP contribution in [0.1, 0.15) is 24.0 Å². The lowest BCUT2D eigenvalue weighted by atomic mass is 10.1. The summed E-state index contributed by atoms with van der Waals surface area (Å²) in [5, 5.41) is 8.73. The smallest absolute Gasteiger partial charge is 0.225 e. The topological polar surface area (TPSA) is 68.5 Å². The van der Waals surface area contributed by atoms with Crippen molar-refractivity contribution in [2.45, 2.75) is 26.3 Å². The van der Waals surface area contributed by atoms with Gasteiger partial charge < -0.3 is 10.1 Å². The zero-order valence-corrected chi connectivity index (χ0v) is 14.9. The van der Waals surface area contributed by atoms with Crippen LogP contribution in [0.3, 0.4) is 0 Å². The van der Waals surface area contributed by atoms with Crippen LogP contribution in [0.15, 0.2) is 30.3 Å². The second kappa shape index (κ2) is 6.93. The van der Waals surface area contributed by atoms with Gasteiger partial charge in [0.1, 0.15) is 5.01 Å². The summed E-state index contributed by atoms with van der Waals surface area (Å²) >= 11 is 1.59. The summed E-state index contributed by atoms with van der Waals surface area (Å²) in [5.41, 5.74) is 2.83.